The van der Waals surface area contributed by atoms with Gasteiger partial charge in [0.25, 0.3) is 11.4 Å². The molecule has 3 aromatic heterocycles. The molecule has 0 saturated heterocycles. The van der Waals surface area contributed by atoms with Gasteiger partial charge in [-0.2, -0.15) is 0 Å². The van der Waals surface area contributed by atoms with E-state index in [1.165, 1.54) is 22.7 Å². The SMILES string of the molecule is [C-]#[N+]/C(C#N)=C\c1cc2c(s1)c1sc(/C=C(\C#N)[N+]#[C-])cc1n2CC. The van der Waals surface area contributed by atoms with Crippen LogP contribution >= 0.6 is 22.7 Å². The van der Waals surface area contributed by atoms with Crippen LogP contribution in [0, 0.1) is 35.8 Å². The van der Waals surface area contributed by atoms with Gasteiger partial charge >= 0.3 is 0 Å². The van der Waals surface area contributed by atoms with Crippen molar-refractivity contribution in [2.24, 2.45) is 0 Å². The lowest BCUT2D eigenvalue weighted by atomic mass is 10.3. The van der Waals surface area contributed by atoms with E-state index in [2.05, 4.69) is 21.2 Å². The van der Waals surface area contributed by atoms with Gasteiger partial charge < -0.3 is 4.57 Å². The molecular weight excluding hydrogens is 350 g/mol. The Hall–Kier alpha value is -3.36. The Morgan fingerprint density at radius 3 is 1.80 bits per heavy atom. The van der Waals surface area contributed by atoms with Crippen LogP contribution in [0.3, 0.4) is 0 Å². The summed E-state index contributed by atoms with van der Waals surface area (Å²) in [4.78, 5) is 8.14. The molecule has 0 bridgehead atoms. The van der Waals surface area contributed by atoms with Crippen molar-refractivity contribution in [1.29, 1.82) is 10.5 Å². The zero-order valence-corrected chi connectivity index (χ0v) is 14.7. The first-order chi connectivity index (χ1) is 12.1. The molecule has 0 aliphatic carbocycles. The van der Waals surface area contributed by atoms with Crippen molar-refractivity contribution in [3.05, 3.63) is 56.1 Å². The molecule has 0 N–H and O–H groups in total. The molecule has 0 radical (unpaired) electrons. The van der Waals surface area contributed by atoms with E-state index >= 15 is 0 Å². The minimum atomic E-state index is 0.0636. The lowest BCUT2D eigenvalue weighted by Gasteiger charge is -1.99. The zero-order valence-electron chi connectivity index (χ0n) is 13.1. The third kappa shape index (κ3) is 2.80. The van der Waals surface area contributed by atoms with Crippen LogP contribution in [-0.2, 0) is 6.54 Å². The number of thiophene rings is 2. The topological polar surface area (TPSA) is 61.2 Å². The maximum atomic E-state index is 8.93. The Kier molecular flexibility index (Phi) is 4.38. The molecule has 0 atom stereocenters. The largest absolute Gasteiger partial charge is 0.339 e. The maximum absolute atomic E-state index is 8.93. The lowest BCUT2D eigenvalue weighted by molar-refractivity contribution is 0.828. The van der Waals surface area contributed by atoms with E-state index in [4.69, 9.17) is 23.7 Å². The Bertz CT molecular complexity index is 1090. The van der Waals surface area contributed by atoms with E-state index in [-0.39, 0.29) is 11.4 Å². The molecule has 0 amide bonds. The van der Waals surface area contributed by atoms with Crippen LogP contribution in [0.5, 0.6) is 0 Å². The highest BCUT2D eigenvalue weighted by Crippen LogP contribution is 2.41. The number of rotatable bonds is 3. The quantitative estimate of drug-likeness (QED) is 0.457. The van der Waals surface area contributed by atoms with Crippen LogP contribution in [0.1, 0.15) is 16.7 Å². The van der Waals surface area contributed by atoms with Crippen molar-refractivity contribution in [2.45, 2.75) is 13.5 Å². The van der Waals surface area contributed by atoms with Crippen molar-refractivity contribution in [1.82, 2.24) is 4.57 Å². The minimum absolute atomic E-state index is 0.0636. The van der Waals surface area contributed by atoms with E-state index in [1.807, 2.05) is 24.3 Å². The fourth-order valence-electron chi connectivity index (χ4n) is 2.59. The van der Waals surface area contributed by atoms with E-state index in [0.717, 1.165) is 36.7 Å². The molecule has 0 unspecified atom stereocenters. The summed E-state index contributed by atoms with van der Waals surface area (Å²) in [5.74, 6) is 0. The minimum Gasteiger partial charge on any atom is -0.339 e. The van der Waals surface area contributed by atoms with Crippen molar-refractivity contribution >= 4 is 55.3 Å². The molecule has 0 aliphatic heterocycles. The summed E-state index contributed by atoms with van der Waals surface area (Å²) < 4.78 is 4.35. The first-order valence-electron chi connectivity index (χ1n) is 7.19. The molecular formula is C18H9N5S2. The first-order valence-corrected chi connectivity index (χ1v) is 8.82. The van der Waals surface area contributed by atoms with Crippen molar-refractivity contribution in [2.75, 3.05) is 0 Å². The number of hydrogen-bond donors (Lipinski definition) is 0. The average Bonchev–Trinajstić information content (AvgIpc) is 3.27. The standard InChI is InChI=1S/C18H9N5S2/c1-4-23-15-7-13(5-11(9-19)21-2)24-17(15)18-16(23)8-14(25-18)6-12(10-20)22-3/h5-8H,4H2,1H3/b11-5-,12-6+. The molecule has 0 saturated carbocycles. The van der Waals surface area contributed by atoms with Gasteiger partial charge in [-0.05, 0) is 31.2 Å². The maximum Gasteiger partial charge on any atom is 0.263 e. The van der Waals surface area contributed by atoms with Crippen molar-refractivity contribution in [3.8, 4) is 12.1 Å². The molecule has 0 aliphatic rings. The number of aryl methyl sites for hydroxylation is 1. The van der Waals surface area contributed by atoms with Gasteiger partial charge in [0, 0.05) is 16.3 Å². The monoisotopic (exact) mass is 359 g/mol. The lowest BCUT2D eigenvalue weighted by Crippen LogP contribution is -1.91. The highest BCUT2D eigenvalue weighted by atomic mass is 32.1. The van der Waals surface area contributed by atoms with Crippen LogP contribution in [0.2, 0.25) is 0 Å². The van der Waals surface area contributed by atoms with Gasteiger partial charge in [0.15, 0.2) is 0 Å². The fourth-order valence-corrected chi connectivity index (χ4v) is 4.93. The normalized spacial score (nSPS) is 11.9. The molecule has 118 valence electrons. The number of fused-ring (bicyclic) bond motifs is 3. The highest BCUT2D eigenvalue weighted by molar-refractivity contribution is 7.28. The van der Waals surface area contributed by atoms with E-state index in [0.29, 0.717) is 0 Å². The Morgan fingerprint density at radius 1 is 1.04 bits per heavy atom. The molecule has 0 aromatic carbocycles. The average molecular weight is 359 g/mol. The molecule has 3 heterocycles. The van der Waals surface area contributed by atoms with Gasteiger partial charge in [-0.25, -0.2) is 20.2 Å². The summed E-state index contributed by atoms with van der Waals surface area (Å²) in [5.41, 5.74) is 2.27. The third-order valence-corrected chi connectivity index (χ3v) is 5.90. The Labute approximate surface area is 152 Å². The highest BCUT2D eigenvalue weighted by Gasteiger charge is 2.16. The van der Waals surface area contributed by atoms with E-state index in [1.54, 1.807) is 12.2 Å². The van der Waals surface area contributed by atoms with Gasteiger partial charge in [0.1, 0.15) is 0 Å². The van der Waals surface area contributed by atoms with Crippen LogP contribution in [0.4, 0.5) is 0 Å². The van der Waals surface area contributed by atoms with Crippen LogP contribution < -0.4 is 0 Å². The second-order valence-corrected chi connectivity index (χ2v) is 7.14. The molecule has 5 nitrogen and oxygen atoms in total. The summed E-state index contributed by atoms with van der Waals surface area (Å²) in [6, 6.07) is 7.76. The second kappa shape index (κ2) is 6.63. The summed E-state index contributed by atoms with van der Waals surface area (Å²) in [5, 5.41) is 17.9. The Morgan fingerprint density at radius 2 is 1.48 bits per heavy atom. The predicted molar refractivity (Wildman–Crippen MR) is 101 cm³/mol. The molecule has 7 heteroatoms. The van der Waals surface area contributed by atoms with Gasteiger partial charge in [0.05, 0.1) is 45.7 Å². The number of allylic oxidation sites excluding steroid dienone is 2. The molecule has 25 heavy (non-hydrogen) atoms. The summed E-state index contributed by atoms with van der Waals surface area (Å²) in [6.45, 7) is 16.8. The smallest absolute Gasteiger partial charge is 0.263 e. The number of nitriles is 2. The summed E-state index contributed by atoms with van der Waals surface area (Å²) in [6.07, 6.45) is 3.20. The molecule has 0 spiro atoms. The zero-order chi connectivity index (χ0) is 18.0. The first kappa shape index (κ1) is 16.5. The molecule has 3 aromatic rings. The van der Waals surface area contributed by atoms with Gasteiger partial charge in [0.2, 0.25) is 0 Å². The predicted octanol–water partition coefficient (Wildman–Crippen LogP) is 5.50. The molecule has 3 rings (SSSR count). The van der Waals surface area contributed by atoms with Gasteiger partial charge in [-0.1, -0.05) is 0 Å². The Balaban J connectivity index is 2.23. The second-order valence-electron chi connectivity index (χ2n) is 4.98. The molecule has 0 fully saturated rings. The summed E-state index contributed by atoms with van der Waals surface area (Å²) in [7, 11) is 0. The summed E-state index contributed by atoms with van der Waals surface area (Å²) >= 11 is 3.08. The van der Waals surface area contributed by atoms with Crippen LogP contribution in [0.15, 0.2) is 23.5 Å². The number of hydrogen-bond acceptors (Lipinski definition) is 4. The number of nitrogens with zero attached hydrogens (tertiary/aromatic N) is 5. The van der Waals surface area contributed by atoms with Crippen LogP contribution in [-0.4, -0.2) is 4.57 Å². The van der Waals surface area contributed by atoms with E-state index < -0.39 is 0 Å². The van der Waals surface area contributed by atoms with Gasteiger partial charge in [-0.3, -0.25) is 0 Å². The van der Waals surface area contributed by atoms with Gasteiger partial charge in [-0.15, -0.1) is 22.7 Å². The van der Waals surface area contributed by atoms with E-state index in [9.17, 15) is 0 Å². The third-order valence-electron chi connectivity index (χ3n) is 3.60. The van der Waals surface area contributed by atoms with Crippen molar-refractivity contribution in [3.63, 3.8) is 0 Å². The van der Waals surface area contributed by atoms with Crippen LogP contribution in [0.25, 0.3) is 42.3 Å². The number of aromatic nitrogens is 1. The fraction of sp³-hybridized carbons (Fsp3) is 0.111. The van der Waals surface area contributed by atoms with Crippen molar-refractivity contribution < 1.29 is 0 Å².